The lowest BCUT2D eigenvalue weighted by molar-refractivity contribution is 0.0529. The predicted molar refractivity (Wildman–Crippen MR) is 145 cm³/mol. The second-order valence-electron chi connectivity index (χ2n) is 8.84. The number of anilines is 1. The van der Waals surface area contributed by atoms with Crippen molar-refractivity contribution < 1.29 is 18.7 Å². The zero-order valence-corrected chi connectivity index (χ0v) is 21.7. The van der Waals surface area contributed by atoms with Gasteiger partial charge < -0.3 is 14.6 Å². The number of carbonyl (C=O) groups excluding carboxylic acids is 2. The summed E-state index contributed by atoms with van der Waals surface area (Å²) in [5.74, 6) is -0.878. The topological polar surface area (TPSA) is 60.3 Å². The third-order valence-electron chi connectivity index (χ3n) is 6.19. The number of carbonyl (C=O) groups is 2. The number of nitrogens with one attached hydrogen (secondary N) is 1. The van der Waals surface area contributed by atoms with Gasteiger partial charge in [0, 0.05) is 28.4 Å². The number of allylic oxidation sites excluding steroid dienone is 1. The second kappa shape index (κ2) is 10.5. The Morgan fingerprint density at radius 3 is 2.56 bits per heavy atom. The smallest absolute Gasteiger partial charge is 0.341 e. The van der Waals surface area contributed by atoms with E-state index in [9.17, 15) is 14.0 Å². The molecule has 0 unspecified atom stereocenters. The molecule has 2 aromatic heterocycles. The summed E-state index contributed by atoms with van der Waals surface area (Å²) in [6, 6.07) is 12.1. The number of fused-ring (bicyclic) bond motifs is 1. The lowest BCUT2D eigenvalue weighted by Crippen LogP contribution is -2.19. The van der Waals surface area contributed by atoms with Gasteiger partial charge >= 0.3 is 5.97 Å². The van der Waals surface area contributed by atoms with Crippen LogP contribution in [0.4, 0.5) is 9.39 Å². The number of hydrogen-bond acceptors (Lipinski definition) is 4. The van der Waals surface area contributed by atoms with Gasteiger partial charge in [0.25, 0.3) is 5.91 Å². The Morgan fingerprint density at radius 1 is 1.19 bits per heavy atom. The van der Waals surface area contributed by atoms with E-state index in [1.807, 2.05) is 17.6 Å². The van der Waals surface area contributed by atoms with Gasteiger partial charge in [-0.15, -0.1) is 17.9 Å². The third kappa shape index (κ3) is 4.71. The maximum Gasteiger partial charge on any atom is 0.341 e. The minimum Gasteiger partial charge on any atom is -0.462 e. The summed E-state index contributed by atoms with van der Waals surface area (Å²) in [7, 11) is 0. The van der Waals surface area contributed by atoms with Crippen LogP contribution in [0.25, 0.3) is 22.0 Å². The van der Waals surface area contributed by atoms with E-state index in [-0.39, 0.29) is 23.9 Å². The number of aromatic nitrogens is 1. The van der Waals surface area contributed by atoms with Gasteiger partial charge in [-0.3, -0.25) is 4.79 Å². The van der Waals surface area contributed by atoms with Crippen LogP contribution in [-0.2, 0) is 11.3 Å². The fraction of sp³-hybridized carbons (Fsp3) is 0.241. The Kier molecular flexibility index (Phi) is 7.40. The molecule has 0 aliphatic rings. The molecule has 0 spiro atoms. The Morgan fingerprint density at radius 2 is 1.92 bits per heavy atom. The highest BCUT2D eigenvalue weighted by Gasteiger charge is 2.26. The summed E-state index contributed by atoms with van der Waals surface area (Å²) in [5.41, 5.74) is 5.02. The first-order chi connectivity index (χ1) is 17.3. The van der Waals surface area contributed by atoms with Gasteiger partial charge in [0.1, 0.15) is 22.1 Å². The van der Waals surface area contributed by atoms with E-state index in [1.165, 1.54) is 29.0 Å². The Bertz CT molecular complexity index is 1450. The highest BCUT2D eigenvalue weighted by molar-refractivity contribution is 7.15. The molecule has 0 saturated heterocycles. The molecule has 0 atom stereocenters. The average molecular weight is 505 g/mol. The number of ether oxygens (including phenoxy) is 1. The van der Waals surface area contributed by atoms with Crippen LogP contribution >= 0.6 is 11.3 Å². The highest BCUT2D eigenvalue weighted by atomic mass is 32.1. The van der Waals surface area contributed by atoms with Crippen molar-refractivity contribution in [2.75, 3.05) is 11.9 Å². The zero-order chi connectivity index (χ0) is 26.0. The zero-order valence-electron chi connectivity index (χ0n) is 20.9. The molecule has 0 saturated carbocycles. The maximum atomic E-state index is 13.7. The van der Waals surface area contributed by atoms with Crippen molar-refractivity contribution >= 4 is 39.1 Å². The first-order valence-corrected chi connectivity index (χ1v) is 12.7. The minimum absolute atomic E-state index is 0.190. The maximum absolute atomic E-state index is 13.7. The monoisotopic (exact) mass is 504 g/mol. The first kappa shape index (κ1) is 25.4. The van der Waals surface area contributed by atoms with Gasteiger partial charge in [0.05, 0.1) is 6.61 Å². The molecule has 1 amide bonds. The molecular formula is C29H29FN2O3S. The average Bonchev–Trinajstić information content (AvgIpc) is 3.38. The molecule has 5 nitrogen and oxygen atoms in total. The van der Waals surface area contributed by atoms with Crippen molar-refractivity contribution in [2.24, 2.45) is 0 Å². The Labute approximate surface area is 214 Å². The highest BCUT2D eigenvalue weighted by Crippen LogP contribution is 2.37. The normalized spacial score (nSPS) is 11.2. The van der Waals surface area contributed by atoms with Crippen LogP contribution in [0.1, 0.15) is 58.7 Å². The van der Waals surface area contributed by atoms with Crippen molar-refractivity contribution in [1.29, 1.82) is 0 Å². The van der Waals surface area contributed by atoms with E-state index >= 15 is 0 Å². The number of hydrogen-bond donors (Lipinski definition) is 1. The summed E-state index contributed by atoms with van der Waals surface area (Å²) in [5, 5.41) is 6.12. The van der Waals surface area contributed by atoms with E-state index in [0.29, 0.717) is 34.3 Å². The summed E-state index contributed by atoms with van der Waals surface area (Å²) >= 11 is 1.23. The lowest BCUT2D eigenvalue weighted by atomic mass is 10.0. The Hall–Kier alpha value is -3.71. The molecule has 36 heavy (non-hydrogen) atoms. The molecular weight excluding hydrogens is 475 g/mol. The van der Waals surface area contributed by atoms with E-state index < -0.39 is 5.97 Å². The van der Waals surface area contributed by atoms with Crippen molar-refractivity contribution in [1.82, 2.24) is 4.57 Å². The van der Waals surface area contributed by atoms with Crippen LogP contribution in [0.3, 0.4) is 0 Å². The minimum atomic E-state index is -0.543. The number of esters is 1. The van der Waals surface area contributed by atoms with Crippen molar-refractivity contribution in [3.8, 4) is 11.1 Å². The lowest BCUT2D eigenvalue weighted by Gasteiger charge is -2.11. The van der Waals surface area contributed by atoms with Crippen molar-refractivity contribution in [2.45, 2.75) is 40.2 Å². The molecule has 2 heterocycles. The molecule has 186 valence electrons. The summed E-state index contributed by atoms with van der Waals surface area (Å²) < 4.78 is 20.7. The molecule has 1 N–H and O–H groups in total. The van der Waals surface area contributed by atoms with E-state index in [4.69, 9.17) is 4.74 Å². The van der Waals surface area contributed by atoms with Crippen LogP contribution in [0.15, 0.2) is 60.5 Å². The van der Waals surface area contributed by atoms with Crippen LogP contribution in [0.2, 0.25) is 0 Å². The van der Waals surface area contributed by atoms with Crippen LogP contribution in [0, 0.1) is 12.7 Å². The van der Waals surface area contributed by atoms with Gasteiger partial charge in [-0.1, -0.05) is 38.1 Å². The van der Waals surface area contributed by atoms with Gasteiger partial charge in [-0.25, -0.2) is 9.18 Å². The number of rotatable bonds is 8. The number of halogens is 1. The Balaban J connectivity index is 1.80. The number of benzene rings is 2. The van der Waals surface area contributed by atoms with Gasteiger partial charge in [-0.05, 0) is 60.7 Å². The molecule has 0 aliphatic heterocycles. The van der Waals surface area contributed by atoms with Crippen molar-refractivity contribution in [3.63, 3.8) is 0 Å². The van der Waals surface area contributed by atoms with Crippen LogP contribution in [0.5, 0.6) is 0 Å². The van der Waals surface area contributed by atoms with Crippen molar-refractivity contribution in [3.05, 3.63) is 88.7 Å². The third-order valence-corrected chi connectivity index (χ3v) is 7.08. The SMILES string of the molecule is C=CCn1c(C(=O)Nc2scc(-c3ccc(F)cc3)c2C(=O)OCC)c(C)c2cc(C(C)C)ccc21. The van der Waals surface area contributed by atoms with Gasteiger partial charge in [-0.2, -0.15) is 0 Å². The summed E-state index contributed by atoms with van der Waals surface area (Å²) in [6.07, 6.45) is 1.76. The molecule has 0 fully saturated rings. The standard InChI is InChI=1S/C29H29FN2O3S/c1-6-14-32-24-13-10-20(17(3)4)15-22(24)18(5)26(32)27(33)31-28-25(29(34)35-7-2)23(16-36-28)19-8-11-21(30)12-9-19/h6,8-13,15-17H,1,7,14H2,2-5H3,(H,31,33). The number of aryl methyl sites for hydroxylation is 1. The molecule has 0 radical (unpaired) electrons. The van der Waals surface area contributed by atoms with Gasteiger partial charge in [0.15, 0.2) is 0 Å². The number of nitrogens with zero attached hydrogens (tertiary/aromatic N) is 1. The fourth-order valence-corrected chi connectivity index (χ4v) is 5.32. The molecule has 0 bridgehead atoms. The molecule has 7 heteroatoms. The molecule has 4 aromatic rings. The number of thiophene rings is 1. The van der Waals surface area contributed by atoms with E-state index in [0.717, 1.165) is 16.5 Å². The first-order valence-electron chi connectivity index (χ1n) is 11.9. The molecule has 0 aliphatic carbocycles. The molecule has 4 rings (SSSR count). The number of amides is 1. The van der Waals surface area contributed by atoms with Crippen LogP contribution < -0.4 is 5.32 Å². The van der Waals surface area contributed by atoms with E-state index in [1.54, 1.807) is 30.5 Å². The van der Waals surface area contributed by atoms with E-state index in [2.05, 4.69) is 37.9 Å². The second-order valence-corrected chi connectivity index (χ2v) is 9.72. The fourth-order valence-electron chi connectivity index (χ4n) is 4.37. The van der Waals surface area contributed by atoms with Gasteiger partial charge in [0.2, 0.25) is 0 Å². The summed E-state index contributed by atoms with van der Waals surface area (Å²) in [4.78, 5) is 26.6. The predicted octanol–water partition coefficient (Wildman–Crippen LogP) is 7.56. The summed E-state index contributed by atoms with van der Waals surface area (Å²) in [6.45, 7) is 12.5. The molecule has 2 aromatic carbocycles. The quantitative estimate of drug-likeness (QED) is 0.199. The largest absolute Gasteiger partial charge is 0.462 e. The van der Waals surface area contributed by atoms with Crippen LogP contribution in [-0.4, -0.2) is 23.1 Å².